The number of rotatable bonds is 4. The second-order valence-electron chi connectivity index (χ2n) is 7.85. The second-order valence-corrected chi connectivity index (χ2v) is 8.86. The van der Waals surface area contributed by atoms with Gasteiger partial charge in [-0.2, -0.15) is 0 Å². The Morgan fingerprint density at radius 1 is 1.33 bits per heavy atom. The molecule has 5 rings (SSSR count). The number of hydrogen-bond acceptors (Lipinski definition) is 7. The van der Waals surface area contributed by atoms with Crippen LogP contribution >= 0.6 is 11.3 Å². The van der Waals surface area contributed by atoms with Crippen LogP contribution < -0.4 is 10.3 Å². The van der Waals surface area contributed by atoms with Gasteiger partial charge in [0.2, 0.25) is 0 Å². The van der Waals surface area contributed by atoms with Crippen LogP contribution in [0.25, 0.3) is 10.3 Å². The molecule has 1 saturated heterocycles. The third-order valence-electron chi connectivity index (χ3n) is 5.78. The molecule has 1 amide bonds. The number of ether oxygens (including phenoxy) is 2. The highest BCUT2D eigenvalue weighted by atomic mass is 32.1. The quantitative estimate of drug-likeness (QED) is 0.684. The highest BCUT2D eigenvalue weighted by molar-refractivity contribution is 7.18. The van der Waals surface area contributed by atoms with E-state index < -0.39 is 11.7 Å². The van der Waals surface area contributed by atoms with E-state index in [1.165, 1.54) is 11.3 Å². The first kappa shape index (κ1) is 19.2. The maximum Gasteiger partial charge on any atom is 0.415 e. The van der Waals surface area contributed by atoms with Crippen molar-refractivity contribution in [3.8, 4) is 5.75 Å². The predicted molar refractivity (Wildman–Crippen MR) is 112 cm³/mol. The summed E-state index contributed by atoms with van der Waals surface area (Å²) in [4.78, 5) is 39.6. The number of amides is 1. The molecule has 156 valence electrons. The normalized spacial score (nSPS) is 19.9. The number of nitrogens with one attached hydrogen (secondary N) is 1. The Hall–Kier alpha value is -2.78. The molecule has 2 aromatic heterocycles. The van der Waals surface area contributed by atoms with Gasteiger partial charge in [-0.25, -0.2) is 14.8 Å². The molecular formula is C21H22N4O4S. The van der Waals surface area contributed by atoms with Crippen LogP contribution in [0.3, 0.4) is 0 Å². The number of fused-ring (bicyclic) bond motifs is 1. The monoisotopic (exact) mass is 426 g/mol. The molecule has 0 radical (unpaired) electrons. The number of carbonyl (C=O) groups is 1. The van der Waals surface area contributed by atoms with E-state index in [0.29, 0.717) is 33.5 Å². The van der Waals surface area contributed by atoms with Crippen molar-refractivity contribution in [3.63, 3.8) is 0 Å². The molecule has 8 nitrogen and oxygen atoms in total. The zero-order valence-electron chi connectivity index (χ0n) is 16.8. The van der Waals surface area contributed by atoms with Crippen molar-refractivity contribution in [1.29, 1.82) is 0 Å². The van der Waals surface area contributed by atoms with E-state index in [9.17, 15) is 9.59 Å². The lowest BCUT2D eigenvalue weighted by Gasteiger charge is -2.22. The van der Waals surface area contributed by atoms with Crippen molar-refractivity contribution in [2.24, 2.45) is 0 Å². The summed E-state index contributed by atoms with van der Waals surface area (Å²) in [6, 6.07) is 7.18. The van der Waals surface area contributed by atoms with Gasteiger partial charge in [0.25, 0.3) is 5.56 Å². The minimum atomic E-state index is -0.478. The van der Waals surface area contributed by atoms with E-state index >= 15 is 0 Å². The number of H-pyrrole nitrogens is 1. The fourth-order valence-electron chi connectivity index (χ4n) is 3.94. The average molecular weight is 426 g/mol. The summed E-state index contributed by atoms with van der Waals surface area (Å²) in [6.07, 6.45) is 2.90. The lowest BCUT2D eigenvalue weighted by Crippen LogP contribution is -2.33. The van der Waals surface area contributed by atoms with Gasteiger partial charge in [-0.05, 0) is 50.3 Å². The molecule has 30 heavy (non-hydrogen) atoms. The molecule has 1 aliphatic carbocycles. The molecule has 0 bridgehead atoms. The van der Waals surface area contributed by atoms with Crippen molar-refractivity contribution < 1.29 is 14.3 Å². The van der Waals surface area contributed by atoms with Crippen LogP contribution in [0.1, 0.15) is 48.1 Å². The van der Waals surface area contributed by atoms with Crippen LogP contribution in [0.5, 0.6) is 5.75 Å². The summed E-state index contributed by atoms with van der Waals surface area (Å²) in [6.45, 7) is 2.54. The molecule has 0 unspecified atom stereocenters. The summed E-state index contributed by atoms with van der Waals surface area (Å²) >= 11 is 1.36. The molecule has 2 aliphatic rings. The molecule has 2 fully saturated rings. The first-order valence-corrected chi connectivity index (χ1v) is 10.8. The van der Waals surface area contributed by atoms with Gasteiger partial charge in [-0.3, -0.25) is 9.69 Å². The maximum atomic E-state index is 12.8. The molecule has 1 atom stereocenters. The van der Waals surface area contributed by atoms with E-state index in [1.807, 2.05) is 25.1 Å². The number of aryl methyl sites for hydroxylation is 1. The van der Waals surface area contributed by atoms with Crippen LogP contribution in [-0.2, 0) is 10.3 Å². The van der Waals surface area contributed by atoms with Gasteiger partial charge >= 0.3 is 6.09 Å². The first-order valence-electron chi connectivity index (χ1n) is 10.0. The van der Waals surface area contributed by atoms with E-state index in [4.69, 9.17) is 9.47 Å². The lowest BCUT2D eigenvalue weighted by molar-refractivity contribution is 0.0712. The largest absolute Gasteiger partial charge is 0.415 e. The first-order chi connectivity index (χ1) is 14.5. The number of benzene rings is 1. The number of likely N-dealkylation sites (tertiary alicyclic amines) is 1. The van der Waals surface area contributed by atoms with E-state index in [0.717, 1.165) is 31.2 Å². The number of methoxy groups -OCH3 is 1. The van der Waals surface area contributed by atoms with Crippen LogP contribution in [0.15, 0.2) is 29.1 Å². The molecule has 1 saturated carbocycles. The summed E-state index contributed by atoms with van der Waals surface area (Å²) in [7, 11) is 1.63. The van der Waals surface area contributed by atoms with Crippen LogP contribution in [0, 0.1) is 6.92 Å². The highest BCUT2D eigenvalue weighted by Crippen LogP contribution is 2.47. The number of thiazole rings is 1. The Morgan fingerprint density at radius 2 is 2.17 bits per heavy atom. The Morgan fingerprint density at radius 3 is 2.90 bits per heavy atom. The molecule has 0 spiro atoms. The van der Waals surface area contributed by atoms with Gasteiger partial charge in [-0.1, -0.05) is 23.5 Å². The Balaban J connectivity index is 1.43. The zero-order valence-corrected chi connectivity index (χ0v) is 17.6. The third-order valence-corrected chi connectivity index (χ3v) is 6.83. The van der Waals surface area contributed by atoms with Crippen LogP contribution in [0.4, 0.5) is 4.79 Å². The van der Waals surface area contributed by atoms with Crippen molar-refractivity contribution >= 4 is 27.8 Å². The fraction of sp³-hybridized carbons (Fsp3) is 0.429. The highest BCUT2D eigenvalue weighted by Gasteiger charge is 2.47. The van der Waals surface area contributed by atoms with Crippen LogP contribution in [-0.4, -0.2) is 39.6 Å². The second kappa shape index (κ2) is 7.17. The fourth-order valence-corrected chi connectivity index (χ4v) is 5.03. The Labute approximate surface area is 176 Å². The lowest BCUT2D eigenvalue weighted by atomic mass is 10.2. The van der Waals surface area contributed by atoms with Gasteiger partial charge in [0, 0.05) is 13.7 Å². The zero-order chi connectivity index (χ0) is 20.9. The Kier molecular flexibility index (Phi) is 4.59. The molecule has 1 N–H and O–H groups in total. The maximum absolute atomic E-state index is 12.8. The number of aromatic nitrogens is 3. The standard InChI is InChI=1S/C21H22N4O4S/c1-12-5-3-6-13(11-12)29-20(27)25-10-4-7-14(25)17-22-15-16(26)23-19(24-18(15)30-17)21(28-2)8-9-21/h3,5-6,11,14H,4,7-10H2,1-2H3,(H,23,24,26)/t14-/m1/s1. The minimum Gasteiger partial charge on any atom is -0.410 e. The number of hydrogen-bond donors (Lipinski definition) is 1. The van der Waals surface area contributed by atoms with Crippen molar-refractivity contribution in [2.75, 3.05) is 13.7 Å². The number of aromatic amines is 1. The van der Waals surface area contributed by atoms with Crippen LogP contribution in [0.2, 0.25) is 0 Å². The third kappa shape index (κ3) is 3.27. The smallest absolute Gasteiger partial charge is 0.410 e. The van der Waals surface area contributed by atoms with Crippen molar-refractivity contribution in [1.82, 2.24) is 19.9 Å². The molecule has 3 aromatic rings. The minimum absolute atomic E-state index is 0.221. The van der Waals surface area contributed by atoms with E-state index in [-0.39, 0.29) is 11.6 Å². The molecule has 1 aromatic carbocycles. The van der Waals surface area contributed by atoms with Gasteiger partial charge in [0.15, 0.2) is 10.3 Å². The summed E-state index contributed by atoms with van der Waals surface area (Å²) < 4.78 is 11.1. The molecule has 3 heterocycles. The van der Waals surface area contributed by atoms with Gasteiger partial charge < -0.3 is 14.5 Å². The van der Waals surface area contributed by atoms with E-state index in [1.54, 1.807) is 18.1 Å². The van der Waals surface area contributed by atoms with E-state index in [2.05, 4.69) is 15.0 Å². The van der Waals surface area contributed by atoms with Gasteiger partial charge in [0.1, 0.15) is 22.2 Å². The Bertz CT molecular complexity index is 1180. The summed E-state index contributed by atoms with van der Waals surface area (Å²) in [5, 5.41) is 0.709. The number of carbonyl (C=O) groups excluding carboxylic acids is 1. The van der Waals surface area contributed by atoms with Crippen molar-refractivity contribution in [3.05, 3.63) is 51.0 Å². The van der Waals surface area contributed by atoms with Gasteiger partial charge in [-0.15, -0.1) is 0 Å². The summed E-state index contributed by atoms with van der Waals surface area (Å²) in [5.74, 6) is 1.08. The summed E-state index contributed by atoms with van der Waals surface area (Å²) in [5.41, 5.74) is 0.585. The van der Waals surface area contributed by atoms with Gasteiger partial charge in [0.05, 0.1) is 6.04 Å². The SMILES string of the molecule is COC1(c2nc3sc([C@H]4CCCN4C(=O)Oc4cccc(C)c4)nc3c(=O)[nH]2)CC1. The molecule has 1 aliphatic heterocycles. The predicted octanol–water partition coefficient (Wildman–Crippen LogP) is 3.66. The molecule has 9 heteroatoms. The molecular weight excluding hydrogens is 404 g/mol. The topological polar surface area (TPSA) is 97.4 Å². The van der Waals surface area contributed by atoms with Crippen molar-refractivity contribution in [2.45, 2.75) is 44.2 Å². The average Bonchev–Trinajstić information content (AvgIpc) is 3.16. The number of nitrogens with zero attached hydrogens (tertiary/aromatic N) is 3.